The second-order valence-electron chi connectivity index (χ2n) is 3.98. The highest BCUT2D eigenvalue weighted by Crippen LogP contribution is 2.23. The van der Waals surface area contributed by atoms with Crippen LogP contribution in [-0.2, 0) is 13.2 Å². The lowest BCUT2D eigenvalue weighted by atomic mass is 10.2. The minimum atomic E-state index is -0.636. The van der Waals surface area contributed by atoms with Gasteiger partial charge < -0.3 is 10.5 Å². The molecule has 0 spiro atoms. The topological polar surface area (TPSA) is 35.2 Å². The summed E-state index contributed by atoms with van der Waals surface area (Å²) in [6.45, 7) is 0.266. The molecule has 2 aromatic carbocycles. The van der Waals surface area contributed by atoms with Crippen LogP contribution in [-0.4, -0.2) is 0 Å². The zero-order valence-corrected chi connectivity index (χ0v) is 10.8. The smallest absolute Gasteiger partial charge is 0.132 e. The van der Waals surface area contributed by atoms with Gasteiger partial charge in [0.1, 0.15) is 24.0 Å². The molecule has 0 saturated carbocycles. The zero-order valence-electron chi connectivity index (χ0n) is 10.00. The van der Waals surface area contributed by atoms with Gasteiger partial charge in [0.15, 0.2) is 0 Å². The van der Waals surface area contributed by atoms with Gasteiger partial charge in [-0.3, -0.25) is 0 Å². The predicted molar refractivity (Wildman–Crippen MR) is 70.0 cm³/mol. The fraction of sp³-hybridized carbons (Fsp3) is 0.143. The summed E-state index contributed by atoms with van der Waals surface area (Å²) >= 11 is 5.84. The van der Waals surface area contributed by atoms with Crippen LogP contribution in [0.3, 0.4) is 0 Å². The minimum Gasteiger partial charge on any atom is -0.488 e. The van der Waals surface area contributed by atoms with Crippen LogP contribution in [0.1, 0.15) is 11.1 Å². The fourth-order valence-electron chi connectivity index (χ4n) is 1.64. The monoisotopic (exact) mass is 283 g/mol. The van der Waals surface area contributed by atoms with Crippen molar-refractivity contribution in [3.05, 3.63) is 64.2 Å². The van der Waals surface area contributed by atoms with Crippen LogP contribution >= 0.6 is 11.6 Å². The van der Waals surface area contributed by atoms with Crippen molar-refractivity contribution in [2.24, 2.45) is 5.73 Å². The summed E-state index contributed by atoms with van der Waals surface area (Å²) < 4.78 is 31.7. The van der Waals surface area contributed by atoms with E-state index in [1.807, 2.05) is 0 Å². The van der Waals surface area contributed by atoms with Crippen molar-refractivity contribution in [1.29, 1.82) is 0 Å². The number of halogens is 3. The minimum absolute atomic E-state index is 0.000740. The highest BCUT2D eigenvalue weighted by Gasteiger charge is 2.07. The third-order valence-corrected chi connectivity index (χ3v) is 2.88. The zero-order chi connectivity index (χ0) is 13.8. The first-order valence-corrected chi connectivity index (χ1v) is 6.03. The van der Waals surface area contributed by atoms with Crippen LogP contribution in [0.25, 0.3) is 0 Å². The predicted octanol–water partition coefficient (Wildman–Crippen LogP) is 3.66. The molecule has 2 N–H and O–H groups in total. The number of rotatable bonds is 4. The van der Waals surface area contributed by atoms with Gasteiger partial charge in [-0.05, 0) is 30.3 Å². The Morgan fingerprint density at radius 1 is 1.05 bits per heavy atom. The normalized spacial score (nSPS) is 10.5. The summed E-state index contributed by atoms with van der Waals surface area (Å²) in [6.07, 6.45) is 0. The number of hydrogen-bond donors (Lipinski definition) is 1. The van der Waals surface area contributed by atoms with Gasteiger partial charge in [-0.2, -0.15) is 0 Å². The van der Waals surface area contributed by atoms with Gasteiger partial charge in [0.2, 0.25) is 0 Å². The average molecular weight is 284 g/mol. The number of ether oxygens (including phenoxy) is 1. The van der Waals surface area contributed by atoms with Gasteiger partial charge in [-0.1, -0.05) is 11.6 Å². The highest BCUT2D eigenvalue weighted by atomic mass is 35.5. The van der Waals surface area contributed by atoms with Crippen LogP contribution < -0.4 is 10.5 Å². The molecule has 0 aliphatic heterocycles. The Morgan fingerprint density at radius 2 is 1.84 bits per heavy atom. The first kappa shape index (κ1) is 13.8. The third-order valence-electron chi connectivity index (χ3n) is 2.64. The van der Waals surface area contributed by atoms with E-state index in [1.54, 1.807) is 18.2 Å². The van der Waals surface area contributed by atoms with E-state index in [-0.39, 0.29) is 18.7 Å². The SMILES string of the molecule is NCc1cc(Cl)ccc1OCc1ccc(F)cc1F. The average Bonchev–Trinajstić information content (AvgIpc) is 2.39. The second kappa shape index (κ2) is 5.99. The summed E-state index contributed by atoms with van der Waals surface area (Å²) in [5, 5.41) is 0.556. The summed E-state index contributed by atoms with van der Waals surface area (Å²) in [7, 11) is 0. The molecule has 100 valence electrons. The largest absolute Gasteiger partial charge is 0.488 e. The van der Waals surface area contributed by atoms with Gasteiger partial charge in [0, 0.05) is 28.8 Å². The van der Waals surface area contributed by atoms with Crippen LogP contribution in [0.5, 0.6) is 5.75 Å². The summed E-state index contributed by atoms with van der Waals surface area (Å²) in [6, 6.07) is 8.39. The molecule has 0 radical (unpaired) electrons. The molecule has 0 aromatic heterocycles. The van der Waals surface area contributed by atoms with Gasteiger partial charge in [-0.15, -0.1) is 0 Å². The number of nitrogens with two attached hydrogens (primary N) is 1. The molecule has 0 unspecified atom stereocenters. The van der Waals surface area contributed by atoms with Crippen molar-refractivity contribution in [2.45, 2.75) is 13.2 Å². The molecule has 19 heavy (non-hydrogen) atoms. The van der Waals surface area contributed by atoms with E-state index in [0.29, 0.717) is 10.8 Å². The molecular weight excluding hydrogens is 272 g/mol. The van der Waals surface area contributed by atoms with Gasteiger partial charge in [-0.25, -0.2) is 8.78 Å². The standard InChI is InChI=1S/C14H12ClF2NO/c15-11-2-4-14(10(5-11)7-18)19-8-9-1-3-12(16)6-13(9)17/h1-6H,7-8,18H2. The molecule has 2 aromatic rings. The molecule has 0 bridgehead atoms. The summed E-state index contributed by atoms with van der Waals surface area (Å²) in [5.74, 6) is -0.714. The van der Waals surface area contributed by atoms with Crippen molar-refractivity contribution < 1.29 is 13.5 Å². The van der Waals surface area contributed by atoms with E-state index in [9.17, 15) is 8.78 Å². The lowest BCUT2D eigenvalue weighted by molar-refractivity contribution is 0.296. The molecule has 2 rings (SSSR count). The molecule has 0 heterocycles. The molecular formula is C14H12ClF2NO. The number of hydrogen-bond acceptors (Lipinski definition) is 2. The van der Waals surface area contributed by atoms with Crippen molar-refractivity contribution in [1.82, 2.24) is 0 Å². The van der Waals surface area contributed by atoms with Crippen LogP contribution in [0, 0.1) is 11.6 Å². The van der Waals surface area contributed by atoms with E-state index in [1.165, 1.54) is 12.1 Å². The van der Waals surface area contributed by atoms with Gasteiger partial charge in [0.25, 0.3) is 0 Å². The van der Waals surface area contributed by atoms with E-state index in [2.05, 4.69) is 0 Å². The molecule has 2 nitrogen and oxygen atoms in total. The van der Waals surface area contributed by atoms with Crippen LogP contribution in [0.2, 0.25) is 5.02 Å². The highest BCUT2D eigenvalue weighted by molar-refractivity contribution is 6.30. The van der Waals surface area contributed by atoms with Crippen molar-refractivity contribution in [3.8, 4) is 5.75 Å². The Kier molecular flexibility index (Phi) is 4.35. The first-order valence-electron chi connectivity index (χ1n) is 5.65. The molecule has 0 aliphatic rings. The molecule has 0 fully saturated rings. The van der Waals surface area contributed by atoms with Crippen molar-refractivity contribution in [2.75, 3.05) is 0 Å². The van der Waals surface area contributed by atoms with Crippen molar-refractivity contribution >= 4 is 11.6 Å². The number of benzene rings is 2. The summed E-state index contributed by atoms with van der Waals surface area (Å²) in [5.41, 5.74) is 6.58. The van der Waals surface area contributed by atoms with Gasteiger partial charge >= 0.3 is 0 Å². The first-order chi connectivity index (χ1) is 9.10. The van der Waals surface area contributed by atoms with Crippen LogP contribution in [0.4, 0.5) is 8.78 Å². The molecule has 0 atom stereocenters. The second-order valence-corrected chi connectivity index (χ2v) is 4.42. The maximum absolute atomic E-state index is 13.4. The maximum Gasteiger partial charge on any atom is 0.132 e. The lowest BCUT2D eigenvalue weighted by Gasteiger charge is -2.11. The molecule has 0 amide bonds. The quantitative estimate of drug-likeness (QED) is 0.929. The molecule has 5 heteroatoms. The fourth-order valence-corrected chi connectivity index (χ4v) is 1.84. The maximum atomic E-state index is 13.4. The summed E-state index contributed by atoms with van der Waals surface area (Å²) in [4.78, 5) is 0. The van der Waals surface area contributed by atoms with Crippen LogP contribution in [0.15, 0.2) is 36.4 Å². The Labute approximate surface area is 114 Å². The van der Waals surface area contributed by atoms with E-state index in [0.717, 1.165) is 11.6 Å². The van der Waals surface area contributed by atoms with E-state index < -0.39 is 11.6 Å². The Hall–Kier alpha value is -1.65. The van der Waals surface area contributed by atoms with E-state index >= 15 is 0 Å². The van der Waals surface area contributed by atoms with Gasteiger partial charge in [0.05, 0.1) is 0 Å². The molecule has 0 saturated heterocycles. The Bertz CT molecular complexity index is 590. The Balaban J connectivity index is 2.14. The molecule has 0 aliphatic carbocycles. The van der Waals surface area contributed by atoms with Crippen molar-refractivity contribution in [3.63, 3.8) is 0 Å². The third kappa shape index (κ3) is 3.43. The van der Waals surface area contributed by atoms with E-state index in [4.69, 9.17) is 22.1 Å². The lowest BCUT2D eigenvalue weighted by Crippen LogP contribution is -2.04. The Morgan fingerprint density at radius 3 is 2.53 bits per heavy atom.